The van der Waals surface area contributed by atoms with Gasteiger partial charge in [0.05, 0.1) is 5.52 Å². The highest BCUT2D eigenvalue weighted by Crippen LogP contribution is 2.12. The summed E-state index contributed by atoms with van der Waals surface area (Å²) >= 11 is 0. The third-order valence-corrected chi connectivity index (χ3v) is 3.13. The molecule has 1 heterocycles. The first-order chi connectivity index (χ1) is 10.5. The zero-order valence-electron chi connectivity index (χ0n) is 14.4. The van der Waals surface area contributed by atoms with Gasteiger partial charge in [-0.2, -0.15) is 0 Å². The number of nitrogens with one attached hydrogen (secondary N) is 2. The lowest BCUT2D eigenvalue weighted by Crippen LogP contribution is -2.47. The second-order valence-electron chi connectivity index (χ2n) is 6.38. The maximum absolute atomic E-state index is 4.68. The summed E-state index contributed by atoms with van der Waals surface area (Å²) in [5.74, 6) is 0.857. The molecule has 126 valence electrons. The van der Waals surface area contributed by atoms with Crippen molar-refractivity contribution in [1.82, 2.24) is 15.6 Å². The van der Waals surface area contributed by atoms with Gasteiger partial charge in [0.25, 0.3) is 0 Å². The topological polar surface area (TPSA) is 49.3 Å². The highest BCUT2D eigenvalue weighted by molar-refractivity contribution is 14.0. The maximum atomic E-state index is 4.68. The molecular formula is C18H27IN4. The number of halogens is 1. The van der Waals surface area contributed by atoms with Crippen LogP contribution in [-0.4, -0.2) is 29.6 Å². The molecule has 0 saturated heterocycles. The number of aromatic nitrogens is 1. The minimum absolute atomic E-state index is 0. The summed E-state index contributed by atoms with van der Waals surface area (Å²) in [4.78, 5) is 9.31. The van der Waals surface area contributed by atoms with E-state index in [1.54, 1.807) is 0 Å². The summed E-state index contributed by atoms with van der Waals surface area (Å²) in [6, 6.07) is 12.4. The third kappa shape index (κ3) is 6.72. The zero-order chi connectivity index (χ0) is 16.0. The van der Waals surface area contributed by atoms with Crippen molar-refractivity contribution in [2.75, 3.05) is 13.1 Å². The smallest absolute Gasteiger partial charge is 0.191 e. The van der Waals surface area contributed by atoms with Gasteiger partial charge in [-0.3, -0.25) is 9.98 Å². The number of fused-ring (bicyclic) bond motifs is 1. The molecule has 0 fully saturated rings. The molecule has 0 atom stereocenters. The second-order valence-corrected chi connectivity index (χ2v) is 6.38. The number of para-hydroxylation sites is 1. The predicted molar refractivity (Wildman–Crippen MR) is 110 cm³/mol. The van der Waals surface area contributed by atoms with E-state index in [1.165, 1.54) is 5.39 Å². The van der Waals surface area contributed by atoms with Crippen LogP contribution in [0, 0.1) is 0 Å². The number of hydrogen-bond acceptors (Lipinski definition) is 2. The van der Waals surface area contributed by atoms with Crippen LogP contribution in [0.4, 0.5) is 0 Å². The number of benzene rings is 1. The Balaban J connectivity index is 0.00000264. The van der Waals surface area contributed by atoms with E-state index in [9.17, 15) is 0 Å². The lowest BCUT2D eigenvalue weighted by Gasteiger charge is -2.23. The Morgan fingerprint density at radius 2 is 1.87 bits per heavy atom. The van der Waals surface area contributed by atoms with Gasteiger partial charge < -0.3 is 10.6 Å². The highest BCUT2D eigenvalue weighted by Gasteiger charge is 2.11. The summed E-state index contributed by atoms with van der Waals surface area (Å²) in [6.45, 7) is 10.0. The number of guanidine groups is 1. The molecule has 0 saturated carbocycles. The van der Waals surface area contributed by atoms with Gasteiger partial charge in [-0.25, -0.2) is 0 Å². The number of aliphatic imine (C=N–C) groups is 1. The first-order valence-electron chi connectivity index (χ1n) is 7.89. The van der Waals surface area contributed by atoms with Crippen LogP contribution in [0.5, 0.6) is 0 Å². The molecule has 0 aliphatic carbocycles. The molecule has 0 radical (unpaired) electrons. The Morgan fingerprint density at radius 3 is 2.57 bits per heavy atom. The molecule has 0 unspecified atom stereocenters. The Hall–Kier alpha value is -1.37. The fourth-order valence-corrected chi connectivity index (χ4v) is 2.19. The number of rotatable bonds is 4. The van der Waals surface area contributed by atoms with E-state index in [0.29, 0.717) is 0 Å². The van der Waals surface area contributed by atoms with Crippen LogP contribution in [0.1, 0.15) is 33.4 Å². The summed E-state index contributed by atoms with van der Waals surface area (Å²) in [5, 5.41) is 7.84. The molecule has 0 amide bonds. The fraction of sp³-hybridized carbons (Fsp3) is 0.444. The normalized spacial score (nSPS) is 11.9. The van der Waals surface area contributed by atoms with Crippen molar-refractivity contribution >= 4 is 40.8 Å². The monoisotopic (exact) mass is 426 g/mol. The van der Waals surface area contributed by atoms with Crippen molar-refractivity contribution in [1.29, 1.82) is 0 Å². The minimum atomic E-state index is 0. The molecule has 4 nitrogen and oxygen atoms in total. The molecule has 0 spiro atoms. The highest BCUT2D eigenvalue weighted by atomic mass is 127. The van der Waals surface area contributed by atoms with E-state index >= 15 is 0 Å². The van der Waals surface area contributed by atoms with Crippen molar-refractivity contribution in [3.63, 3.8) is 0 Å². The summed E-state index contributed by atoms with van der Waals surface area (Å²) in [7, 11) is 0. The van der Waals surface area contributed by atoms with Crippen molar-refractivity contribution in [3.8, 4) is 0 Å². The number of hydrogen-bond donors (Lipinski definition) is 2. The molecule has 2 rings (SSSR count). The van der Waals surface area contributed by atoms with Crippen LogP contribution in [0.3, 0.4) is 0 Å². The molecule has 0 aliphatic rings. The second kappa shape index (κ2) is 9.05. The van der Waals surface area contributed by atoms with Gasteiger partial charge in [-0.05, 0) is 39.8 Å². The van der Waals surface area contributed by atoms with Crippen LogP contribution >= 0.6 is 24.0 Å². The van der Waals surface area contributed by atoms with Crippen molar-refractivity contribution < 1.29 is 0 Å². The quantitative estimate of drug-likeness (QED) is 0.445. The molecule has 23 heavy (non-hydrogen) atoms. The van der Waals surface area contributed by atoms with Gasteiger partial charge in [-0.1, -0.05) is 24.3 Å². The van der Waals surface area contributed by atoms with Crippen molar-refractivity contribution in [3.05, 3.63) is 42.1 Å². The first kappa shape index (κ1) is 19.7. The van der Waals surface area contributed by atoms with E-state index in [0.717, 1.165) is 36.7 Å². The first-order valence-corrected chi connectivity index (χ1v) is 7.89. The van der Waals surface area contributed by atoms with Crippen molar-refractivity contribution in [2.45, 2.75) is 39.7 Å². The molecule has 1 aromatic carbocycles. The summed E-state index contributed by atoms with van der Waals surface area (Å²) < 4.78 is 0. The van der Waals surface area contributed by atoms with Crippen LogP contribution in [0.25, 0.3) is 10.9 Å². The fourth-order valence-electron chi connectivity index (χ4n) is 2.19. The van der Waals surface area contributed by atoms with Gasteiger partial charge >= 0.3 is 0 Å². The Labute approximate surface area is 156 Å². The van der Waals surface area contributed by atoms with E-state index in [-0.39, 0.29) is 29.5 Å². The van der Waals surface area contributed by atoms with Crippen LogP contribution in [0.15, 0.2) is 41.4 Å². The van der Waals surface area contributed by atoms with Gasteiger partial charge in [0.2, 0.25) is 0 Å². The largest absolute Gasteiger partial charge is 0.357 e. The lowest BCUT2D eigenvalue weighted by molar-refractivity contribution is 0.501. The average Bonchev–Trinajstić information content (AvgIpc) is 2.46. The summed E-state index contributed by atoms with van der Waals surface area (Å²) in [6.07, 6.45) is 0.839. The molecular weight excluding hydrogens is 399 g/mol. The average molecular weight is 426 g/mol. The maximum Gasteiger partial charge on any atom is 0.191 e. The SMILES string of the molecule is CCNC(=NCCc1ccc2ccccc2n1)NC(C)(C)C.I. The predicted octanol–water partition coefficient (Wildman–Crippen LogP) is 3.75. The van der Waals surface area contributed by atoms with E-state index < -0.39 is 0 Å². The summed E-state index contributed by atoms with van der Waals surface area (Å²) in [5.41, 5.74) is 2.13. The Bertz CT molecular complexity index is 647. The van der Waals surface area contributed by atoms with Crippen LogP contribution < -0.4 is 10.6 Å². The molecule has 2 N–H and O–H groups in total. The van der Waals surface area contributed by atoms with Gasteiger partial charge in [0.15, 0.2) is 5.96 Å². The molecule has 5 heteroatoms. The van der Waals surface area contributed by atoms with E-state index in [1.807, 2.05) is 18.2 Å². The molecule has 2 aromatic rings. The van der Waals surface area contributed by atoms with Crippen LogP contribution in [0.2, 0.25) is 0 Å². The van der Waals surface area contributed by atoms with E-state index in [2.05, 4.69) is 66.5 Å². The van der Waals surface area contributed by atoms with Gasteiger partial charge in [-0.15, -0.1) is 24.0 Å². The zero-order valence-corrected chi connectivity index (χ0v) is 16.7. The Kier molecular flexibility index (Phi) is 7.75. The van der Waals surface area contributed by atoms with Gasteiger partial charge in [0.1, 0.15) is 0 Å². The van der Waals surface area contributed by atoms with E-state index in [4.69, 9.17) is 0 Å². The molecule has 1 aromatic heterocycles. The standard InChI is InChI=1S/C18H26N4.HI/c1-5-19-17(22-18(2,3)4)20-13-12-15-11-10-14-8-6-7-9-16(14)21-15;/h6-11H,5,12-13H2,1-4H3,(H2,19,20,22);1H. The number of pyridine rings is 1. The van der Waals surface area contributed by atoms with Crippen LogP contribution in [-0.2, 0) is 6.42 Å². The number of nitrogens with zero attached hydrogens (tertiary/aromatic N) is 2. The lowest BCUT2D eigenvalue weighted by atomic mass is 10.1. The third-order valence-electron chi connectivity index (χ3n) is 3.13. The Morgan fingerprint density at radius 1 is 1.13 bits per heavy atom. The molecule has 0 aliphatic heterocycles. The molecule has 0 bridgehead atoms. The van der Waals surface area contributed by atoms with Crippen molar-refractivity contribution in [2.24, 2.45) is 4.99 Å². The minimum Gasteiger partial charge on any atom is -0.357 e. The van der Waals surface area contributed by atoms with Gasteiger partial charge in [0, 0.05) is 36.1 Å².